The van der Waals surface area contributed by atoms with Crippen LogP contribution in [-0.2, 0) is 9.53 Å². The topological polar surface area (TPSA) is 52.3 Å². The van der Waals surface area contributed by atoms with Crippen molar-refractivity contribution >= 4 is 18.4 Å². The van der Waals surface area contributed by atoms with E-state index in [9.17, 15) is 4.79 Å². The molecule has 0 spiro atoms. The molecule has 0 unspecified atom stereocenters. The van der Waals surface area contributed by atoms with Crippen LogP contribution >= 0.6 is 12.4 Å². The maximum atomic E-state index is 10.8. The summed E-state index contributed by atoms with van der Waals surface area (Å²) < 4.78 is 38.7. The van der Waals surface area contributed by atoms with Crippen LogP contribution in [0.5, 0.6) is 0 Å². The summed E-state index contributed by atoms with van der Waals surface area (Å²) >= 11 is 0. The van der Waals surface area contributed by atoms with Crippen molar-refractivity contribution in [3.63, 3.8) is 0 Å². The summed E-state index contributed by atoms with van der Waals surface area (Å²) in [6.07, 6.45) is -2.78. The van der Waals surface area contributed by atoms with Gasteiger partial charge in [-0.05, 0) is 6.37 Å². The minimum absolute atomic E-state index is 0. The standard InChI is InChI=1S/C5H11NO2.ClH/c1-3-4(6)5(7)8-2;/h4H,3,6H2,1-2H3;1H/t4-;/m0./s1/i1D3,3D2;. The Balaban J connectivity index is 0. The van der Waals surface area contributed by atoms with E-state index in [0.717, 1.165) is 7.11 Å². The summed E-state index contributed by atoms with van der Waals surface area (Å²) in [5.41, 5.74) is 5.08. The molecule has 56 valence electrons. The Labute approximate surface area is 68.0 Å². The van der Waals surface area contributed by atoms with Gasteiger partial charge in [-0.1, -0.05) is 6.85 Å². The van der Waals surface area contributed by atoms with Gasteiger partial charge in [-0.25, -0.2) is 0 Å². The predicted octanol–water partition coefficient (Wildman–Crippen LogP) is 0.319. The van der Waals surface area contributed by atoms with Crippen LogP contribution in [0.25, 0.3) is 0 Å². The van der Waals surface area contributed by atoms with Crippen LogP contribution in [0.15, 0.2) is 0 Å². The van der Waals surface area contributed by atoms with Crippen molar-refractivity contribution in [1.29, 1.82) is 0 Å². The first-order chi connectivity index (χ1) is 5.64. The molecule has 4 heteroatoms. The highest BCUT2D eigenvalue weighted by molar-refractivity contribution is 5.85. The van der Waals surface area contributed by atoms with Gasteiger partial charge < -0.3 is 10.5 Å². The van der Waals surface area contributed by atoms with Gasteiger partial charge in [-0.3, -0.25) is 4.79 Å². The van der Waals surface area contributed by atoms with E-state index in [1.165, 1.54) is 0 Å². The number of hydrogen-bond donors (Lipinski definition) is 1. The molecule has 3 nitrogen and oxygen atoms in total. The third kappa shape index (κ3) is 4.24. The van der Waals surface area contributed by atoms with Crippen LogP contribution < -0.4 is 5.73 Å². The molecule has 0 heterocycles. The molecular formula is C5H12ClNO2. The molecule has 0 bridgehead atoms. The van der Waals surface area contributed by atoms with Gasteiger partial charge in [0, 0.05) is 6.85 Å². The second kappa shape index (κ2) is 5.85. The van der Waals surface area contributed by atoms with E-state index in [1.807, 2.05) is 0 Å². The van der Waals surface area contributed by atoms with E-state index in [2.05, 4.69) is 4.74 Å². The minimum atomic E-state index is -2.94. The number of ether oxygens (including phenoxy) is 1. The van der Waals surface area contributed by atoms with Crippen molar-refractivity contribution in [2.45, 2.75) is 19.3 Å². The number of hydrogen-bond acceptors (Lipinski definition) is 3. The molecular weight excluding hydrogens is 142 g/mol. The Bertz CT molecular complexity index is 207. The first kappa shape index (κ1) is 3.78. The van der Waals surface area contributed by atoms with E-state index in [1.54, 1.807) is 0 Å². The van der Waals surface area contributed by atoms with Crippen LogP contribution in [0.3, 0.4) is 0 Å². The highest BCUT2D eigenvalue weighted by Gasteiger charge is 2.08. The molecule has 0 aromatic carbocycles. The summed E-state index contributed by atoms with van der Waals surface area (Å²) in [5.74, 6) is -1.08. The Hall–Kier alpha value is -0.280. The Morgan fingerprint density at radius 2 is 2.67 bits per heavy atom. The van der Waals surface area contributed by atoms with Gasteiger partial charge in [0.2, 0.25) is 0 Å². The van der Waals surface area contributed by atoms with Gasteiger partial charge in [-0.15, -0.1) is 12.4 Å². The smallest absolute Gasteiger partial charge is 0.322 e. The quantitative estimate of drug-likeness (QED) is 0.589. The monoisotopic (exact) mass is 158 g/mol. The van der Waals surface area contributed by atoms with E-state index in [4.69, 9.17) is 12.6 Å². The average molecular weight is 159 g/mol. The van der Waals surface area contributed by atoms with Crippen LogP contribution in [0.1, 0.15) is 20.1 Å². The van der Waals surface area contributed by atoms with Crippen LogP contribution in [0, 0.1) is 0 Å². The van der Waals surface area contributed by atoms with Gasteiger partial charge in [0.1, 0.15) is 6.04 Å². The molecule has 0 aliphatic heterocycles. The fourth-order valence-electron chi connectivity index (χ4n) is 0.186. The molecule has 0 aromatic rings. The van der Waals surface area contributed by atoms with Crippen molar-refractivity contribution in [3.05, 3.63) is 0 Å². The highest BCUT2D eigenvalue weighted by Crippen LogP contribution is 1.86. The maximum absolute atomic E-state index is 10.8. The van der Waals surface area contributed by atoms with E-state index in [0.29, 0.717) is 0 Å². The lowest BCUT2D eigenvalue weighted by molar-refractivity contribution is -0.142. The summed E-state index contributed by atoms with van der Waals surface area (Å²) in [7, 11) is 1.01. The molecule has 0 radical (unpaired) electrons. The SMILES string of the molecule is Cl.[2H]C([2H])([2H])C([2H])([2H])[C@H](N)C(=O)OC. The zero-order chi connectivity index (χ0) is 10.9. The molecule has 2 N–H and O–H groups in total. The zero-order valence-electron chi connectivity index (χ0n) is 9.88. The predicted molar refractivity (Wildman–Crippen MR) is 37.5 cm³/mol. The van der Waals surface area contributed by atoms with Crippen molar-refractivity contribution in [2.24, 2.45) is 5.73 Å². The van der Waals surface area contributed by atoms with Gasteiger partial charge in [-0.2, -0.15) is 0 Å². The molecule has 9 heavy (non-hydrogen) atoms. The van der Waals surface area contributed by atoms with Crippen molar-refractivity contribution in [2.75, 3.05) is 7.11 Å². The first-order valence-electron chi connectivity index (χ1n) is 4.48. The number of esters is 1. The lowest BCUT2D eigenvalue weighted by Gasteiger charge is -2.03. The first-order valence-corrected chi connectivity index (χ1v) is 1.98. The number of carbonyl (C=O) groups excluding carboxylic acids is 1. The molecule has 0 amide bonds. The minimum Gasteiger partial charge on any atom is -0.468 e. The Morgan fingerprint density at radius 3 is 3.00 bits per heavy atom. The molecule has 0 aliphatic carbocycles. The largest absolute Gasteiger partial charge is 0.468 e. The van der Waals surface area contributed by atoms with Crippen molar-refractivity contribution in [3.8, 4) is 0 Å². The highest BCUT2D eigenvalue weighted by atomic mass is 35.5. The summed E-state index contributed by atoms with van der Waals surface area (Å²) in [6.45, 7) is -2.94. The van der Waals surface area contributed by atoms with Gasteiger partial charge in [0.15, 0.2) is 0 Å². The third-order valence-electron chi connectivity index (χ3n) is 0.611. The van der Waals surface area contributed by atoms with Gasteiger partial charge in [0.25, 0.3) is 0 Å². The summed E-state index contributed by atoms with van der Waals surface area (Å²) in [4.78, 5) is 10.8. The number of rotatable bonds is 2. The lowest BCUT2D eigenvalue weighted by atomic mass is 10.2. The zero-order valence-corrected chi connectivity index (χ0v) is 5.70. The normalized spacial score (nSPS) is 22.7. The number of methoxy groups -OCH3 is 1. The van der Waals surface area contributed by atoms with E-state index in [-0.39, 0.29) is 12.4 Å². The van der Waals surface area contributed by atoms with Crippen LogP contribution in [-0.4, -0.2) is 19.1 Å². The number of halogens is 1. The molecule has 0 fully saturated rings. The Morgan fingerprint density at radius 1 is 2.11 bits per heavy atom. The molecule has 0 saturated heterocycles. The second-order valence-electron chi connectivity index (χ2n) is 1.15. The average Bonchev–Trinajstić information content (AvgIpc) is 1.99. The second-order valence-corrected chi connectivity index (χ2v) is 1.15. The molecule has 0 aromatic heterocycles. The summed E-state index contributed by atoms with van der Waals surface area (Å²) in [6, 6.07) is -1.80. The van der Waals surface area contributed by atoms with Gasteiger partial charge >= 0.3 is 5.97 Å². The van der Waals surface area contributed by atoms with Crippen molar-refractivity contribution < 1.29 is 16.4 Å². The Kier molecular flexibility index (Phi) is 2.46. The molecule has 1 atom stereocenters. The fourth-order valence-corrected chi connectivity index (χ4v) is 0.186. The number of nitrogens with two attached hydrogens (primary N) is 1. The molecule has 0 saturated carbocycles. The maximum Gasteiger partial charge on any atom is 0.322 e. The lowest BCUT2D eigenvalue weighted by Crippen LogP contribution is -2.30. The van der Waals surface area contributed by atoms with E-state index >= 15 is 0 Å². The molecule has 0 aliphatic rings. The van der Waals surface area contributed by atoms with Crippen molar-refractivity contribution in [1.82, 2.24) is 0 Å². The fraction of sp³-hybridized carbons (Fsp3) is 0.800. The third-order valence-corrected chi connectivity index (χ3v) is 0.611. The molecule has 0 rings (SSSR count). The van der Waals surface area contributed by atoms with E-state index < -0.39 is 25.2 Å². The van der Waals surface area contributed by atoms with Crippen LogP contribution in [0.2, 0.25) is 0 Å². The van der Waals surface area contributed by atoms with Crippen LogP contribution in [0.4, 0.5) is 0 Å². The van der Waals surface area contributed by atoms with Gasteiger partial charge in [0.05, 0.1) is 7.11 Å². The summed E-state index contributed by atoms with van der Waals surface area (Å²) in [5, 5.41) is 0. The number of carbonyl (C=O) groups is 1.